The molecule has 2 aromatic heterocycles. The first-order valence-corrected chi connectivity index (χ1v) is 13.0. The quantitative estimate of drug-likeness (QED) is 0.302. The Kier molecular flexibility index (Phi) is 7.85. The minimum absolute atomic E-state index is 0.0171. The summed E-state index contributed by atoms with van der Waals surface area (Å²) in [7, 11) is -4.03. The van der Waals surface area contributed by atoms with Crippen molar-refractivity contribution in [3.05, 3.63) is 54.0 Å². The fraction of sp³-hybridized carbons (Fsp3) is 0.435. The molecule has 0 radical (unpaired) electrons. The first kappa shape index (κ1) is 26.0. The molecule has 4 atom stereocenters. The summed E-state index contributed by atoms with van der Waals surface area (Å²) in [6.45, 7) is -0.904. The Bertz CT molecular complexity index is 1330. The maximum atomic E-state index is 11.1. The number of rotatable bonds is 7. The predicted octanol–water partition coefficient (Wildman–Crippen LogP) is 1.13. The van der Waals surface area contributed by atoms with Crippen LogP contribution < -0.4 is 10.5 Å². The number of nitrogens with zero attached hydrogens (tertiary/aromatic N) is 3. The summed E-state index contributed by atoms with van der Waals surface area (Å²) in [4.78, 5) is 18.1. The van der Waals surface area contributed by atoms with Gasteiger partial charge in [-0.05, 0) is 42.9 Å². The monoisotopic (exact) mass is 519 g/mol. The van der Waals surface area contributed by atoms with Crippen molar-refractivity contribution >= 4 is 33.1 Å². The summed E-state index contributed by atoms with van der Waals surface area (Å²) in [5.74, 6) is -0.710. The molecule has 36 heavy (non-hydrogen) atoms. The van der Waals surface area contributed by atoms with Crippen LogP contribution in [0.15, 0.2) is 42.9 Å². The van der Waals surface area contributed by atoms with Crippen molar-refractivity contribution in [2.24, 2.45) is 11.1 Å². The second-order valence-electron chi connectivity index (χ2n) is 8.90. The number of benzene rings is 1. The number of fused-ring (bicyclic) bond motifs is 2. The van der Waals surface area contributed by atoms with Gasteiger partial charge in [0.2, 0.25) is 0 Å². The number of carboxylic acids is 1. The predicted molar refractivity (Wildman–Crippen MR) is 130 cm³/mol. The maximum absolute atomic E-state index is 11.1. The Hall–Kier alpha value is -3.10. The van der Waals surface area contributed by atoms with Crippen LogP contribution in [0.3, 0.4) is 0 Å². The molecule has 2 aliphatic carbocycles. The van der Waals surface area contributed by atoms with Crippen LogP contribution in [-0.2, 0) is 25.7 Å². The molecule has 1 fully saturated rings. The first-order valence-electron chi connectivity index (χ1n) is 11.5. The van der Waals surface area contributed by atoms with Gasteiger partial charge in [0.05, 0.1) is 24.1 Å². The number of carbonyl (C=O) groups is 1. The zero-order valence-electron chi connectivity index (χ0n) is 19.4. The van der Waals surface area contributed by atoms with E-state index in [-0.39, 0.29) is 24.6 Å². The van der Waals surface area contributed by atoms with Gasteiger partial charge in [-0.25, -0.2) is 19.9 Å². The molecule has 194 valence electrons. The van der Waals surface area contributed by atoms with E-state index >= 15 is 0 Å². The number of aromatic nitrogens is 3. The highest BCUT2D eigenvalue weighted by Gasteiger charge is 2.35. The van der Waals surface area contributed by atoms with E-state index in [0.717, 1.165) is 29.7 Å². The van der Waals surface area contributed by atoms with E-state index in [2.05, 4.69) is 39.6 Å². The molecule has 6 N–H and O–H groups in total. The zero-order valence-corrected chi connectivity index (χ0v) is 20.2. The summed E-state index contributed by atoms with van der Waals surface area (Å²) in [6.07, 6.45) is 5.96. The molecule has 12 nitrogen and oxygen atoms in total. The summed E-state index contributed by atoms with van der Waals surface area (Å²) in [5.41, 5.74) is 3.47. The van der Waals surface area contributed by atoms with Gasteiger partial charge in [-0.2, -0.15) is 8.42 Å². The first-order chi connectivity index (χ1) is 17.2. The molecule has 0 bridgehead atoms. The lowest BCUT2D eigenvalue weighted by molar-refractivity contribution is -0.140. The van der Waals surface area contributed by atoms with E-state index in [1.54, 1.807) is 6.33 Å². The number of anilines is 1. The van der Waals surface area contributed by atoms with Crippen LogP contribution in [0, 0.1) is 5.92 Å². The average Bonchev–Trinajstić information content (AvgIpc) is 3.55. The molecule has 0 amide bonds. The highest BCUT2D eigenvalue weighted by Crippen LogP contribution is 2.39. The number of hydrogen-bond donors (Lipinski definition) is 5. The van der Waals surface area contributed by atoms with Gasteiger partial charge in [-0.15, -0.1) is 0 Å². The molecule has 0 spiro atoms. The lowest BCUT2D eigenvalue weighted by Crippen LogP contribution is -2.24. The van der Waals surface area contributed by atoms with Gasteiger partial charge >= 0.3 is 16.3 Å². The number of hydrogen-bond acceptors (Lipinski definition) is 9. The molecule has 2 heterocycles. The molecule has 0 unspecified atom stereocenters. The number of aliphatic carboxylic acids is 1. The van der Waals surface area contributed by atoms with Crippen LogP contribution >= 0.6 is 0 Å². The topological polar surface area (TPSA) is 190 Å². The van der Waals surface area contributed by atoms with Crippen LogP contribution in [0.4, 0.5) is 5.82 Å². The van der Waals surface area contributed by atoms with Crippen molar-refractivity contribution in [1.29, 1.82) is 0 Å². The zero-order chi connectivity index (χ0) is 25.9. The van der Waals surface area contributed by atoms with E-state index in [4.69, 9.17) is 24.3 Å². The fourth-order valence-electron chi connectivity index (χ4n) is 4.92. The smallest absolute Gasteiger partial charge is 0.333 e. The van der Waals surface area contributed by atoms with Crippen molar-refractivity contribution in [2.45, 2.75) is 43.9 Å². The van der Waals surface area contributed by atoms with Gasteiger partial charge in [0.25, 0.3) is 0 Å². The summed E-state index contributed by atoms with van der Waals surface area (Å²) >= 11 is 0. The minimum atomic E-state index is -4.03. The Morgan fingerprint density at radius 1 is 1.22 bits per heavy atom. The number of aryl methyl sites for hydroxylation is 1. The molecule has 0 aliphatic heterocycles. The normalized spacial score (nSPS) is 23.2. The molecule has 13 heteroatoms. The number of nitrogens with one attached hydrogen (secondary N) is 1. The number of nitrogens with two attached hydrogens (primary N) is 1. The molecule has 5 rings (SSSR count). The van der Waals surface area contributed by atoms with Crippen molar-refractivity contribution in [1.82, 2.24) is 14.5 Å². The van der Waals surface area contributed by atoms with E-state index in [9.17, 15) is 13.5 Å². The summed E-state index contributed by atoms with van der Waals surface area (Å²) in [5, 5.41) is 34.8. The Morgan fingerprint density at radius 3 is 2.69 bits per heavy atom. The molecule has 1 aromatic carbocycles. The third-order valence-electron chi connectivity index (χ3n) is 6.56. The highest BCUT2D eigenvalue weighted by molar-refractivity contribution is 7.84. The SMILES string of the molecule is NS(=O)(=O)OC[C@@H]1C[C@@H](n2ccc3c(N[C@H]4CCc5ccccc54)ncnc32)C[C@@H]1O.O=C(O)CO. The Morgan fingerprint density at radius 2 is 1.97 bits per heavy atom. The number of aliphatic hydroxyl groups excluding tert-OH is 2. The van der Waals surface area contributed by atoms with Gasteiger partial charge in [0.15, 0.2) is 0 Å². The average molecular weight is 520 g/mol. The lowest BCUT2D eigenvalue weighted by Gasteiger charge is -2.16. The van der Waals surface area contributed by atoms with Gasteiger partial charge in [0.1, 0.15) is 24.4 Å². The molecule has 1 saturated carbocycles. The van der Waals surface area contributed by atoms with E-state index in [1.165, 1.54) is 11.1 Å². The molecule has 2 aliphatic rings. The van der Waals surface area contributed by atoms with Crippen LogP contribution in [-0.4, -0.2) is 63.6 Å². The highest BCUT2D eigenvalue weighted by atomic mass is 32.2. The molecule has 3 aromatic rings. The molecule has 0 saturated heterocycles. The number of carboxylic acid groups (broad SMARTS) is 1. The third kappa shape index (κ3) is 5.99. The summed E-state index contributed by atoms with van der Waals surface area (Å²) < 4.78 is 28.9. The maximum Gasteiger partial charge on any atom is 0.333 e. The second kappa shape index (κ2) is 10.9. The Balaban J connectivity index is 0.000000556. The third-order valence-corrected chi connectivity index (χ3v) is 7.03. The van der Waals surface area contributed by atoms with Gasteiger partial charge in [-0.3, -0.25) is 4.18 Å². The minimum Gasteiger partial charge on any atom is -0.480 e. The van der Waals surface area contributed by atoms with Crippen LogP contribution in [0.1, 0.15) is 42.5 Å². The lowest BCUT2D eigenvalue weighted by atomic mass is 10.1. The van der Waals surface area contributed by atoms with Crippen LogP contribution in [0.2, 0.25) is 0 Å². The van der Waals surface area contributed by atoms with E-state index < -0.39 is 29.0 Å². The van der Waals surface area contributed by atoms with Crippen LogP contribution in [0.5, 0.6) is 0 Å². The summed E-state index contributed by atoms with van der Waals surface area (Å²) in [6, 6.07) is 10.6. The van der Waals surface area contributed by atoms with Crippen molar-refractivity contribution in [3.8, 4) is 0 Å². The Labute approximate surface area is 208 Å². The number of aliphatic hydroxyl groups is 2. The van der Waals surface area contributed by atoms with E-state index in [1.807, 2.05) is 16.8 Å². The van der Waals surface area contributed by atoms with Crippen molar-refractivity contribution in [2.75, 3.05) is 18.5 Å². The van der Waals surface area contributed by atoms with Crippen molar-refractivity contribution in [3.63, 3.8) is 0 Å². The van der Waals surface area contributed by atoms with Gasteiger partial charge < -0.3 is 25.2 Å². The van der Waals surface area contributed by atoms with Crippen LogP contribution in [0.25, 0.3) is 11.0 Å². The molecular weight excluding hydrogens is 490 g/mol. The molecular formula is C23H29N5O7S. The largest absolute Gasteiger partial charge is 0.480 e. The van der Waals surface area contributed by atoms with Crippen molar-refractivity contribution < 1.29 is 32.7 Å². The van der Waals surface area contributed by atoms with Gasteiger partial charge in [0, 0.05) is 18.2 Å². The van der Waals surface area contributed by atoms with E-state index in [0.29, 0.717) is 12.8 Å². The van der Waals surface area contributed by atoms with Gasteiger partial charge in [-0.1, -0.05) is 24.3 Å². The second-order valence-corrected chi connectivity index (χ2v) is 10.1. The standard InChI is InChI=1S/C21H25N5O4S.C2H4O3/c22-31(28,29)30-11-14-9-15(10-19(14)27)26-8-7-17-20(23-12-24-21(17)26)25-18-6-5-13-3-1-2-4-16(13)18;3-1-2(4)5/h1-4,7-8,12,14-15,18-19,27H,5-6,9-11H2,(H2,22,28,29)(H,23,24,25);3H,1H2,(H,4,5)/t14-,15+,18-,19-;/m0./s1. The fourth-order valence-corrected chi connectivity index (χ4v) is 5.28.